The molecule has 170 valence electrons. The lowest BCUT2D eigenvalue weighted by Gasteiger charge is -2.22. The van der Waals surface area contributed by atoms with Crippen molar-refractivity contribution in [2.24, 2.45) is 0 Å². The van der Waals surface area contributed by atoms with Crippen molar-refractivity contribution in [2.75, 3.05) is 5.32 Å². The first kappa shape index (κ1) is 23.5. The van der Waals surface area contributed by atoms with E-state index in [0.717, 1.165) is 20.3 Å². The maximum Gasteiger partial charge on any atom is 0.258 e. The van der Waals surface area contributed by atoms with Gasteiger partial charge in [0.25, 0.3) is 5.91 Å². The van der Waals surface area contributed by atoms with Crippen LogP contribution in [0, 0.1) is 19.7 Å². The fourth-order valence-corrected chi connectivity index (χ4v) is 5.98. The molecule has 0 spiro atoms. The van der Waals surface area contributed by atoms with E-state index in [-0.39, 0.29) is 11.0 Å². The summed E-state index contributed by atoms with van der Waals surface area (Å²) in [4.78, 5) is 17.2. The number of hydrogen-bond donors (Lipinski definition) is 1. The number of amides is 1. The molecule has 6 heteroatoms. The van der Waals surface area contributed by atoms with Gasteiger partial charge in [-0.05, 0) is 71.8 Å². The number of thiazole rings is 1. The number of aryl methyl sites for hydroxylation is 2. The van der Waals surface area contributed by atoms with Crippen LogP contribution in [0.25, 0.3) is 10.2 Å². The number of nitrogens with one attached hydrogen (secondary N) is 1. The Hall–Kier alpha value is -2.70. The second kappa shape index (κ2) is 9.27. The van der Waals surface area contributed by atoms with Gasteiger partial charge in [0.15, 0.2) is 4.34 Å². The third-order valence-electron chi connectivity index (χ3n) is 5.65. The van der Waals surface area contributed by atoms with Crippen molar-refractivity contribution in [3.63, 3.8) is 0 Å². The number of benzene rings is 3. The maximum absolute atomic E-state index is 13.9. The van der Waals surface area contributed by atoms with Crippen molar-refractivity contribution >= 4 is 44.9 Å². The van der Waals surface area contributed by atoms with E-state index in [1.807, 2.05) is 12.1 Å². The van der Waals surface area contributed by atoms with Gasteiger partial charge in [-0.2, -0.15) is 0 Å². The van der Waals surface area contributed by atoms with Crippen molar-refractivity contribution in [1.29, 1.82) is 0 Å². The van der Waals surface area contributed by atoms with E-state index in [0.29, 0.717) is 5.69 Å². The molecule has 0 saturated carbocycles. The number of rotatable bonds is 5. The summed E-state index contributed by atoms with van der Waals surface area (Å²) in [6, 6.07) is 16.1. The minimum Gasteiger partial charge on any atom is -0.322 e. The number of thioether (sulfide) groups is 1. The Morgan fingerprint density at radius 3 is 2.42 bits per heavy atom. The molecule has 0 aliphatic heterocycles. The second-order valence-corrected chi connectivity index (χ2v) is 11.5. The summed E-state index contributed by atoms with van der Waals surface area (Å²) in [6.07, 6.45) is 0. The monoisotopic (exact) mass is 478 g/mol. The molecule has 1 N–H and O–H groups in total. The third kappa shape index (κ3) is 5.28. The maximum atomic E-state index is 13.9. The van der Waals surface area contributed by atoms with Crippen molar-refractivity contribution in [1.82, 2.24) is 4.98 Å². The highest BCUT2D eigenvalue weighted by molar-refractivity contribution is 8.00. The standard InChI is InChI=1S/C27H27FN2OS2/c1-16-12-18(27(3,4)5)13-17(2)21(16)15-32-26-30-23-11-10-19(14-24(23)33-26)29-25(31)20-8-6-7-9-22(20)28/h6-14H,15H2,1-5H3,(H,29,31). The Morgan fingerprint density at radius 2 is 1.76 bits per heavy atom. The van der Waals surface area contributed by atoms with Gasteiger partial charge >= 0.3 is 0 Å². The molecule has 0 aliphatic carbocycles. The van der Waals surface area contributed by atoms with Crippen LogP contribution in [0.4, 0.5) is 10.1 Å². The summed E-state index contributed by atoms with van der Waals surface area (Å²) in [5, 5.41) is 2.78. The Balaban J connectivity index is 1.49. The van der Waals surface area contributed by atoms with Gasteiger partial charge in [0, 0.05) is 11.4 Å². The summed E-state index contributed by atoms with van der Waals surface area (Å²) in [7, 11) is 0. The van der Waals surface area contributed by atoms with Crippen LogP contribution in [0.3, 0.4) is 0 Å². The highest BCUT2D eigenvalue weighted by atomic mass is 32.2. The molecular weight excluding hydrogens is 451 g/mol. The van der Waals surface area contributed by atoms with Gasteiger partial charge in [0.2, 0.25) is 0 Å². The lowest BCUT2D eigenvalue weighted by molar-refractivity contribution is 0.102. The van der Waals surface area contributed by atoms with E-state index >= 15 is 0 Å². The molecule has 0 radical (unpaired) electrons. The molecule has 0 unspecified atom stereocenters. The molecule has 0 fully saturated rings. The predicted molar refractivity (Wildman–Crippen MR) is 138 cm³/mol. The first-order chi connectivity index (χ1) is 15.6. The van der Waals surface area contributed by atoms with Crippen molar-refractivity contribution in [2.45, 2.75) is 50.1 Å². The predicted octanol–water partition coefficient (Wildman–Crippen LogP) is 7.89. The molecule has 1 aromatic heterocycles. The molecular formula is C27H27FN2OS2. The number of fused-ring (bicyclic) bond motifs is 1. The number of aromatic nitrogens is 1. The van der Waals surface area contributed by atoms with Crippen LogP contribution in [-0.4, -0.2) is 10.9 Å². The highest BCUT2D eigenvalue weighted by Gasteiger charge is 2.17. The summed E-state index contributed by atoms with van der Waals surface area (Å²) in [6.45, 7) is 11.1. The minimum atomic E-state index is -0.534. The first-order valence-electron chi connectivity index (χ1n) is 10.8. The minimum absolute atomic E-state index is 0.0290. The number of halogens is 1. The van der Waals surface area contributed by atoms with E-state index in [1.54, 1.807) is 41.3 Å². The van der Waals surface area contributed by atoms with Crippen molar-refractivity contribution in [3.8, 4) is 0 Å². The van der Waals surface area contributed by atoms with Gasteiger partial charge in [0.05, 0.1) is 15.8 Å². The van der Waals surface area contributed by atoms with Crippen molar-refractivity contribution < 1.29 is 9.18 Å². The van der Waals surface area contributed by atoms with Gasteiger partial charge in [-0.3, -0.25) is 4.79 Å². The van der Waals surface area contributed by atoms with Crippen LogP contribution in [0.2, 0.25) is 0 Å². The van der Waals surface area contributed by atoms with Crippen LogP contribution in [0.1, 0.15) is 53.4 Å². The summed E-state index contributed by atoms with van der Waals surface area (Å²) in [5.41, 5.74) is 7.01. The van der Waals surface area contributed by atoms with Gasteiger partial charge < -0.3 is 5.32 Å². The second-order valence-electron chi connectivity index (χ2n) is 9.22. The molecule has 0 atom stereocenters. The summed E-state index contributed by atoms with van der Waals surface area (Å²) >= 11 is 3.33. The molecule has 1 amide bonds. The van der Waals surface area contributed by atoms with E-state index in [4.69, 9.17) is 4.98 Å². The molecule has 4 aromatic rings. The SMILES string of the molecule is Cc1cc(C(C)(C)C)cc(C)c1CSc1nc2ccc(NC(=O)c3ccccc3F)cc2s1. The molecule has 0 bridgehead atoms. The average Bonchev–Trinajstić information content (AvgIpc) is 3.14. The van der Waals surface area contributed by atoms with E-state index in [1.165, 1.54) is 34.4 Å². The van der Waals surface area contributed by atoms with Crippen LogP contribution < -0.4 is 5.32 Å². The number of carbonyl (C=O) groups excluding carboxylic acids is 1. The topological polar surface area (TPSA) is 42.0 Å². The Labute approximate surface area is 202 Å². The van der Waals surface area contributed by atoms with Crippen molar-refractivity contribution in [3.05, 3.63) is 88.2 Å². The molecule has 3 aromatic carbocycles. The molecule has 3 nitrogen and oxygen atoms in total. The summed E-state index contributed by atoms with van der Waals surface area (Å²) < 4.78 is 15.9. The first-order valence-corrected chi connectivity index (χ1v) is 12.6. The van der Waals surface area contributed by atoms with Gasteiger partial charge in [-0.25, -0.2) is 9.37 Å². The van der Waals surface area contributed by atoms with E-state index < -0.39 is 11.7 Å². The van der Waals surface area contributed by atoms with Crippen LogP contribution in [-0.2, 0) is 11.2 Å². The largest absolute Gasteiger partial charge is 0.322 e. The van der Waals surface area contributed by atoms with Crippen LogP contribution >= 0.6 is 23.1 Å². The smallest absolute Gasteiger partial charge is 0.258 e. The fourth-order valence-electron chi connectivity index (χ4n) is 3.67. The fraction of sp³-hybridized carbons (Fsp3) is 0.259. The van der Waals surface area contributed by atoms with Crippen LogP contribution in [0.15, 0.2) is 58.9 Å². The van der Waals surface area contributed by atoms with Gasteiger partial charge in [-0.1, -0.05) is 56.8 Å². The van der Waals surface area contributed by atoms with E-state index in [2.05, 4.69) is 52.1 Å². The Bertz CT molecular complexity index is 1310. The quantitative estimate of drug-likeness (QED) is 0.297. The Morgan fingerprint density at radius 1 is 1.06 bits per heavy atom. The number of hydrogen-bond acceptors (Lipinski definition) is 4. The molecule has 4 rings (SSSR count). The van der Waals surface area contributed by atoms with Crippen LogP contribution in [0.5, 0.6) is 0 Å². The zero-order valence-corrected chi connectivity index (χ0v) is 21.1. The lowest BCUT2D eigenvalue weighted by Crippen LogP contribution is -2.13. The molecule has 0 saturated heterocycles. The highest BCUT2D eigenvalue weighted by Crippen LogP contribution is 2.35. The molecule has 33 heavy (non-hydrogen) atoms. The molecule has 0 aliphatic rings. The van der Waals surface area contributed by atoms with Gasteiger partial charge in [0.1, 0.15) is 5.82 Å². The Kier molecular flexibility index (Phi) is 6.59. The normalized spacial score (nSPS) is 11.7. The third-order valence-corrected chi connectivity index (χ3v) is 7.83. The van der Waals surface area contributed by atoms with E-state index in [9.17, 15) is 9.18 Å². The zero-order chi connectivity index (χ0) is 23.8. The summed E-state index contributed by atoms with van der Waals surface area (Å²) in [5.74, 6) is -0.136. The zero-order valence-electron chi connectivity index (χ0n) is 19.5. The number of nitrogens with zero attached hydrogens (tertiary/aromatic N) is 1. The van der Waals surface area contributed by atoms with Gasteiger partial charge in [-0.15, -0.1) is 11.3 Å². The number of carbonyl (C=O) groups is 1. The lowest BCUT2D eigenvalue weighted by atomic mass is 9.84. The average molecular weight is 479 g/mol. The number of anilines is 1. The molecule has 1 heterocycles.